The Bertz CT molecular complexity index is 655. The van der Waals surface area contributed by atoms with E-state index in [-0.39, 0.29) is 5.76 Å². The number of nitrogens with zero attached hydrogens (tertiary/aromatic N) is 2. The molecule has 3 rings (SSSR count). The van der Waals surface area contributed by atoms with Crippen LogP contribution in [0.3, 0.4) is 0 Å². The molecule has 1 fully saturated rings. The fourth-order valence-corrected chi connectivity index (χ4v) is 2.98. The first-order chi connectivity index (χ1) is 9.60. The smallest absolute Gasteiger partial charge is 0.376 e. The van der Waals surface area contributed by atoms with E-state index in [0.29, 0.717) is 18.4 Å². The van der Waals surface area contributed by atoms with Gasteiger partial charge in [0.05, 0.1) is 23.0 Å². The molecule has 0 aliphatic heterocycles. The van der Waals surface area contributed by atoms with Gasteiger partial charge < -0.3 is 9.15 Å². The average molecular weight is 292 g/mol. The van der Waals surface area contributed by atoms with Gasteiger partial charge in [0.15, 0.2) is 0 Å². The first-order valence-electron chi connectivity index (χ1n) is 6.72. The molecule has 0 amide bonds. The molecule has 2 heterocycles. The van der Waals surface area contributed by atoms with Crippen molar-refractivity contribution in [3.8, 4) is 10.8 Å². The van der Waals surface area contributed by atoms with Gasteiger partial charge >= 0.3 is 5.97 Å². The number of oxazole rings is 1. The second-order valence-corrected chi connectivity index (χ2v) is 6.08. The minimum Gasteiger partial charge on any atom is -0.460 e. The van der Waals surface area contributed by atoms with Gasteiger partial charge in [-0.05, 0) is 33.6 Å². The predicted molar refractivity (Wildman–Crippen MR) is 75.0 cm³/mol. The highest BCUT2D eigenvalue weighted by atomic mass is 32.1. The van der Waals surface area contributed by atoms with Crippen LogP contribution in [-0.4, -0.2) is 22.5 Å². The van der Waals surface area contributed by atoms with Crippen LogP contribution >= 0.6 is 11.3 Å². The highest BCUT2D eigenvalue weighted by molar-refractivity contribution is 7.15. The van der Waals surface area contributed by atoms with Crippen molar-refractivity contribution in [2.45, 2.75) is 39.5 Å². The van der Waals surface area contributed by atoms with Crippen LogP contribution in [0.2, 0.25) is 0 Å². The third-order valence-corrected chi connectivity index (χ3v) is 4.24. The molecule has 6 heteroatoms. The van der Waals surface area contributed by atoms with Crippen LogP contribution < -0.4 is 0 Å². The zero-order valence-corrected chi connectivity index (χ0v) is 12.5. The molecule has 0 radical (unpaired) electrons. The number of hydrogen-bond acceptors (Lipinski definition) is 6. The summed E-state index contributed by atoms with van der Waals surface area (Å²) >= 11 is 1.53. The normalized spacial score (nSPS) is 14.6. The first-order valence-corrected chi connectivity index (χ1v) is 7.54. The Kier molecular flexibility index (Phi) is 3.33. The number of carbonyl (C=O) groups excluding carboxylic acids is 1. The zero-order chi connectivity index (χ0) is 14.3. The fraction of sp³-hybridized carbons (Fsp3) is 0.500. The number of rotatable bonds is 4. The summed E-state index contributed by atoms with van der Waals surface area (Å²) in [6.45, 7) is 5.97. The molecule has 0 bridgehead atoms. The molecule has 2 aromatic heterocycles. The van der Waals surface area contributed by atoms with E-state index in [0.717, 1.165) is 34.1 Å². The van der Waals surface area contributed by atoms with Crippen LogP contribution in [-0.2, 0) is 4.74 Å². The van der Waals surface area contributed by atoms with Gasteiger partial charge in [0, 0.05) is 5.92 Å². The van der Waals surface area contributed by atoms with Crippen molar-refractivity contribution in [1.29, 1.82) is 0 Å². The second-order valence-electron chi connectivity index (χ2n) is 4.88. The molecular weight excluding hydrogens is 276 g/mol. The van der Waals surface area contributed by atoms with Crippen molar-refractivity contribution in [3.63, 3.8) is 0 Å². The monoisotopic (exact) mass is 292 g/mol. The third kappa shape index (κ3) is 2.35. The summed E-state index contributed by atoms with van der Waals surface area (Å²) in [5, 5.41) is 0.960. The lowest BCUT2D eigenvalue weighted by Crippen LogP contribution is -2.05. The third-order valence-electron chi connectivity index (χ3n) is 3.18. The maximum absolute atomic E-state index is 12.0. The molecular formula is C14H16N2O3S. The molecule has 20 heavy (non-hydrogen) atoms. The molecule has 1 aliphatic carbocycles. The van der Waals surface area contributed by atoms with Gasteiger partial charge in [-0.15, -0.1) is 11.3 Å². The lowest BCUT2D eigenvalue weighted by atomic mass is 10.2. The summed E-state index contributed by atoms with van der Waals surface area (Å²) in [5.74, 6) is 0.654. The van der Waals surface area contributed by atoms with E-state index in [1.807, 2.05) is 13.8 Å². The Labute approximate surface area is 121 Å². The Morgan fingerprint density at radius 1 is 1.40 bits per heavy atom. The van der Waals surface area contributed by atoms with E-state index < -0.39 is 5.97 Å². The van der Waals surface area contributed by atoms with Crippen molar-refractivity contribution < 1.29 is 13.9 Å². The number of ether oxygens (including phenoxy) is 1. The van der Waals surface area contributed by atoms with Crippen LogP contribution in [0.5, 0.6) is 0 Å². The minimum absolute atomic E-state index is 0.259. The zero-order valence-electron chi connectivity index (χ0n) is 11.7. The molecule has 0 atom stereocenters. The number of thiazole rings is 1. The number of aromatic nitrogens is 2. The Morgan fingerprint density at radius 2 is 2.15 bits per heavy atom. The van der Waals surface area contributed by atoms with Crippen LogP contribution in [0, 0.1) is 13.8 Å². The number of esters is 1. The van der Waals surface area contributed by atoms with E-state index >= 15 is 0 Å². The van der Waals surface area contributed by atoms with Gasteiger partial charge in [0.25, 0.3) is 0 Å². The van der Waals surface area contributed by atoms with Crippen molar-refractivity contribution in [2.24, 2.45) is 0 Å². The molecule has 0 unspecified atom stereocenters. The Morgan fingerprint density at radius 3 is 2.70 bits per heavy atom. The topological polar surface area (TPSA) is 65.2 Å². The van der Waals surface area contributed by atoms with Gasteiger partial charge in [0.1, 0.15) is 4.88 Å². The molecule has 106 valence electrons. The number of hydrogen-bond donors (Lipinski definition) is 0. The quantitative estimate of drug-likeness (QED) is 0.807. The summed E-state index contributed by atoms with van der Waals surface area (Å²) in [6, 6.07) is 0. The Hall–Kier alpha value is -1.69. The summed E-state index contributed by atoms with van der Waals surface area (Å²) in [7, 11) is 0. The van der Waals surface area contributed by atoms with Crippen molar-refractivity contribution in [3.05, 3.63) is 22.2 Å². The molecule has 1 saturated carbocycles. The predicted octanol–water partition coefficient (Wildman–Crippen LogP) is 3.47. The lowest BCUT2D eigenvalue weighted by Gasteiger charge is -1.98. The molecule has 2 aromatic rings. The molecule has 0 aromatic carbocycles. The van der Waals surface area contributed by atoms with Crippen LogP contribution in [0.4, 0.5) is 0 Å². The summed E-state index contributed by atoms with van der Waals surface area (Å²) in [4.78, 5) is 21.7. The number of aryl methyl sites for hydroxylation is 2. The minimum atomic E-state index is -0.424. The first kappa shape index (κ1) is 13.3. The SMILES string of the molecule is CCOC(=O)c1oc(-c2sc(C)nc2C)nc1C1CC1. The van der Waals surface area contributed by atoms with E-state index in [1.54, 1.807) is 6.92 Å². The van der Waals surface area contributed by atoms with Crippen LogP contribution in [0.1, 0.15) is 52.6 Å². The molecule has 1 aliphatic rings. The highest BCUT2D eigenvalue weighted by Crippen LogP contribution is 2.43. The molecule has 5 nitrogen and oxygen atoms in total. The largest absolute Gasteiger partial charge is 0.460 e. The fourth-order valence-electron chi connectivity index (χ4n) is 2.14. The maximum atomic E-state index is 12.0. The lowest BCUT2D eigenvalue weighted by molar-refractivity contribution is 0.0489. The van der Waals surface area contributed by atoms with E-state index in [2.05, 4.69) is 9.97 Å². The van der Waals surface area contributed by atoms with Gasteiger partial charge in [-0.3, -0.25) is 0 Å². The molecule has 0 N–H and O–H groups in total. The Balaban J connectivity index is 2.03. The van der Waals surface area contributed by atoms with E-state index in [4.69, 9.17) is 9.15 Å². The summed E-state index contributed by atoms with van der Waals surface area (Å²) in [5.41, 5.74) is 1.62. The maximum Gasteiger partial charge on any atom is 0.376 e. The van der Waals surface area contributed by atoms with Crippen molar-refractivity contribution in [1.82, 2.24) is 9.97 Å². The van der Waals surface area contributed by atoms with E-state index in [9.17, 15) is 4.79 Å². The van der Waals surface area contributed by atoms with Gasteiger partial charge in [0.2, 0.25) is 11.7 Å². The van der Waals surface area contributed by atoms with Gasteiger partial charge in [-0.1, -0.05) is 0 Å². The number of carbonyl (C=O) groups is 1. The van der Waals surface area contributed by atoms with Gasteiger partial charge in [-0.2, -0.15) is 0 Å². The van der Waals surface area contributed by atoms with Crippen LogP contribution in [0.15, 0.2) is 4.42 Å². The van der Waals surface area contributed by atoms with Gasteiger partial charge in [-0.25, -0.2) is 14.8 Å². The van der Waals surface area contributed by atoms with E-state index in [1.165, 1.54) is 11.3 Å². The van der Waals surface area contributed by atoms with Crippen LogP contribution in [0.25, 0.3) is 10.8 Å². The van der Waals surface area contributed by atoms with Crippen molar-refractivity contribution >= 4 is 17.3 Å². The summed E-state index contributed by atoms with van der Waals surface area (Å²) < 4.78 is 10.7. The average Bonchev–Trinajstić information content (AvgIpc) is 3.06. The summed E-state index contributed by atoms with van der Waals surface area (Å²) in [6.07, 6.45) is 2.11. The standard InChI is InChI=1S/C14H16N2O3S/c1-4-18-14(17)11-10(9-5-6-9)16-13(19-11)12-7(2)15-8(3)20-12/h9H,4-6H2,1-3H3. The molecule has 0 saturated heterocycles. The molecule has 0 spiro atoms. The second kappa shape index (κ2) is 5.01. The highest BCUT2D eigenvalue weighted by Gasteiger charge is 2.34. The van der Waals surface area contributed by atoms with Crippen molar-refractivity contribution in [2.75, 3.05) is 6.61 Å².